The van der Waals surface area contributed by atoms with E-state index in [-0.39, 0.29) is 11.4 Å². The monoisotopic (exact) mass is 486 g/mol. The van der Waals surface area contributed by atoms with Crippen molar-refractivity contribution in [3.8, 4) is 0 Å². The third kappa shape index (κ3) is 6.18. The van der Waals surface area contributed by atoms with Crippen LogP contribution in [0.4, 0.5) is 17.1 Å². The van der Waals surface area contributed by atoms with Crippen LogP contribution in [0.3, 0.4) is 0 Å². The second-order valence-electron chi connectivity index (χ2n) is 6.96. The zero-order valence-corrected chi connectivity index (χ0v) is 19.3. The summed E-state index contributed by atoms with van der Waals surface area (Å²) in [4.78, 5) is 16.4. The maximum Gasteiger partial charge on any atom is 0.261 e. The Hall–Kier alpha value is -3.70. The Morgan fingerprint density at radius 2 is 1.67 bits per heavy atom. The molecule has 3 rings (SSSR count). The summed E-state index contributed by atoms with van der Waals surface area (Å²) in [5.74, 6) is -0.430. The van der Waals surface area contributed by atoms with Gasteiger partial charge in [0.1, 0.15) is 0 Å². The lowest BCUT2D eigenvalue weighted by Gasteiger charge is -2.20. The lowest BCUT2D eigenvalue weighted by Crippen LogP contribution is -2.29. The summed E-state index contributed by atoms with van der Waals surface area (Å²) < 4.78 is 52.4. The van der Waals surface area contributed by atoms with Gasteiger partial charge in [0.05, 0.1) is 35.3 Å². The Kier molecular flexibility index (Phi) is 7.14. The summed E-state index contributed by atoms with van der Waals surface area (Å²) in [7, 11) is -7.30. The Bertz CT molecular complexity index is 1340. The number of amides is 1. The molecule has 1 aromatic heterocycles. The van der Waals surface area contributed by atoms with Crippen molar-refractivity contribution in [2.45, 2.75) is 4.90 Å². The molecule has 11 heteroatoms. The number of nitrogens with one attached hydrogen (secondary N) is 2. The molecular weight excluding hydrogens is 464 g/mol. The Labute approximate surface area is 192 Å². The molecular formula is C22H22N4O5S2. The second kappa shape index (κ2) is 9.84. The normalized spacial score (nSPS) is 11.4. The standard InChI is InChI=1S/C22H22N4O5S2/c1-3-15-26(32(2,28)29)20-10-6-17(7-11-20)22(27)24-18-8-12-21(13-9-18)33(30,31)25-19-5-4-14-23-16-19/h3-14,16,25H,1,15H2,2H3,(H,24,27). The van der Waals surface area contributed by atoms with Crippen molar-refractivity contribution in [2.75, 3.05) is 27.1 Å². The molecule has 0 saturated carbocycles. The van der Waals surface area contributed by atoms with Gasteiger partial charge in [0.2, 0.25) is 10.0 Å². The summed E-state index contributed by atoms with van der Waals surface area (Å²) in [5, 5.41) is 2.68. The van der Waals surface area contributed by atoms with Crippen LogP contribution in [0.25, 0.3) is 0 Å². The minimum Gasteiger partial charge on any atom is -0.322 e. The molecule has 2 aromatic carbocycles. The number of hydrogen-bond acceptors (Lipinski definition) is 6. The van der Waals surface area contributed by atoms with Gasteiger partial charge in [-0.25, -0.2) is 16.8 Å². The Balaban J connectivity index is 1.70. The molecule has 0 atom stereocenters. The SMILES string of the molecule is C=CCN(c1ccc(C(=O)Nc2ccc(S(=O)(=O)Nc3cccnc3)cc2)cc1)S(C)(=O)=O. The summed E-state index contributed by atoms with van der Waals surface area (Å²) in [6.07, 6.45) is 5.49. The van der Waals surface area contributed by atoms with E-state index in [1.165, 1.54) is 71.3 Å². The first-order valence-corrected chi connectivity index (χ1v) is 13.0. The fourth-order valence-corrected chi connectivity index (χ4v) is 4.81. The van der Waals surface area contributed by atoms with Crippen LogP contribution in [0.2, 0.25) is 0 Å². The number of hydrogen-bond donors (Lipinski definition) is 2. The average molecular weight is 487 g/mol. The smallest absolute Gasteiger partial charge is 0.261 e. The zero-order chi connectivity index (χ0) is 24.1. The Morgan fingerprint density at radius 3 is 2.21 bits per heavy atom. The van der Waals surface area contributed by atoms with Gasteiger partial charge in [-0.3, -0.25) is 18.8 Å². The summed E-state index contributed by atoms with van der Waals surface area (Å²) in [6.45, 7) is 3.67. The zero-order valence-electron chi connectivity index (χ0n) is 17.7. The van der Waals surface area contributed by atoms with E-state index in [0.717, 1.165) is 6.26 Å². The van der Waals surface area contributed by atoms with Crippen LogP contribution in [0.5, 0.6) is 0 Å². The highest BCUT2D eigenvalue weighted by Gasteiger charge is 2.17. The number of nitrogens with zero attached hydrogens (tertiary/aromatic N) is 2. The average Bonchev–Trinajstić information content (AvgIpc) is 2.77. The first kappa shape index (κ1) is 24.0. The molecule has 3 aromatic rings. The Morgan fingerprint density at radius 1 is 1.00 bits per heavy atom. The highest BCUT2D eigenvalue weighted by molar-refractivity contribution is 7.92. The van der Waals surface area contributed by atoms with Crippen LogP contribution < -0.4 is 14.3 Å². The molecule has 0 radical (unpaired) electrons. The number of sulfonamides is 2. The van der Waals surface area contributed by atoms with E-state index in [1.54, 1.807) is 12.1 Å². The van der Waals surface area contributed by atoms with Crippen molar-refractivity contribution in [2.24, 2.45) is 0 Å². The molecule has 0 unspecified atom stereocenters. The van der Waals surface area contributed by atoms with Gasteiger partial charge in [0, 0.05) is 17.4 Å². The molecule has 172 valence electrons. The molecule has 2 N–H and O–H groups in total. The molecule has 0 aliphatic rings. The predicted molar refractivity (Wildman–Crippen MR) is 128 cm³/mol. The topological polar surface area (TPSA) is 126 Å². The van der Waals surface area contributed by atoms with Gasteiger partial charge in [-0.15, -0.1) is 6.58 Å². The number of rotatable bonds is 9. The number of carbonyl (C=O) groups is 1. The molecule has 9 nitrogen and oxygen atoms in total. The number of carbonyl (C=O) groups excluding carboxylic acids is 1. The van der Waals surface area contributed by atoms with Gasteiger partial charge in [-0.1, -0.05) is 6.08 Å². The van der Waals surface area contributed by atoms with Crippen LogP contribution in [0, 0.1) is 0 Å². The largest absolute Gasteiger partial charge is 0.322 e. The van der Waals surface area contributed by atoms with Crippen LogP contribution >= 0.6 is 0 Å². The van der Waals surface area contributed by atoms with Crippen molar-refractivity contribution >= 4 is 43.0 Å². The third-order valence-electron chi connectivity index (χ3n) is 4.45. The van der Waals surface area contributed by atoms with Gasteiger partial charge >= 0.3 is 0 Å². The van der Waals surface area contributed by atoms with E-state index in [9.17, 15) is 21.6 Å². The van der Waals surface area contributed by atoms with E-state index in [1.807, 2.05) is 0 Å². The lowest BCUT2D eigenvalue weighted by molar-refractivity contribution is 0.102. The van der Waals surface area contributed by atoms with Crippen LogP contribution in [0.1, 0.15) is 10.4 Å². The lowest BCUT2D eigenvalue weighted by atomic mass is 10.2. The third-order valence-corrected chi connectivity index (χ3v) is 7.01. The van der Waals surface area contributed by atoms with E-state index in [4.69, 9.17) is 0 Å². The number of anilines is 3. The first-order valence-electron chi connectivity index (χ1n) is 9.63. The van der Waals surface area contributed by atoms with Gasteiger partial charge in [-0.2, -0.15) is 0 Å². The van der Waals surface area contributed by atoms with Gasteiger partial charge < -0.3 is 5.32 Å². The maximum absolute atomic E-state index is 12.5. The predicted octanol–water partition coefficient (Wildman–Crippen LogP) is 3.09. The molecule has 0 spiro atoms. The number of benzene rings is 2. The summed E-state index contributed by atoms with van der Waals surface area (Å²) in [5.41, 5.74) is 1.44. The highest BCUT2D eigenvalue weighted by Crippen LogP contribution is 2.20. The van der Waals surface area contributed by atoms with Gasteiger partial charge in [0.15, 0.2) is 0 Å². The summed E-state index contributed by atoms with van der Waals surface area (Å²) in [6, 6.07) is 14.9. The molecule has 0 saturated heterocycles. The van der Waals surface area contributed by atoms with Crippen molar-refractivity contribution in [3.05, 3.63) is 91.3 Å². The van der Waals surface area contributed by atoms with E-state index < -0.39 is 26.0 Å². The van der Waals surface area contributed by atoms with E-state index in [2.05, 4.69) is 21.6 Å². The summed E-state index contributed by atoms with van der Waals surface area (Å²) >= 11 is 0. The number of pyridine rings is 1. The van der Waals surface area contributed by atoms with Crippen LogP contribution in [0.15, 0.2) is 90.6 Å². The molecule has 0 aliphatic heterocycles. The molecule has 0 fully saturated rings. The second-order valence-corrected chi connectivity index (χ2v) is 10.5. The minimum atomic E-state index is -3.80. The van der Waals surface area contributed by atoms with E-state index in [0.29, 0.717) is 22.6 Å². The fourth-order valence-electron chi connectivity index (χ4n) is 2.89. The van der Waals surface area contributed by atoms with E-state index >= 15 is 0 Å². The maximum atomic E-state index is 12.5. The van der Waals surface area contributed by atoms with Gasteiger partial charge in [0.25, 0.3) is 15.9 Å². The highest BCUT2D eigenvalue weighted by atomic mass is 32.2. The molecule has 1 heterocycles. The molecule has 0 bridgehead atoms. The molecule has 33 heavy (non-hydrogen) atoms. The molecule has 0 aliphatic carbocycles. The fraction of sp³-hybridized carbons (Fsp3) is 0.0909. The van der Waals surface area contributed by atoms with Crippen molar-refractivity contribution in [1.82, 2.24) is 4.98 Å². The minimum absolute atomic E-state index is 0.0248. The molecule has 1 amide bonds. The van der Waals surface area contributed by atoms with Crippen molar-refractivity contribution in [3.63, 3.8) is 0 Å². The van der Waals surface area contributed by atoms with Crippen LogP contribution in [-0.2, 0) is 20.0 Å². The van der Waals surface area contributed by atoms with Gasteiger partial charge in [-0.05, 0) is 60.7 Å². The van der Waals surface area contributed by atoms with Crippen LogP contribution in [-0.4, -0.2) is 40.5 Å². The number of aromatic nitrogens is 1. The van der Waals surface area contributed by atoms with Crippen molar-refractivity contribution < 1.29 is 21.6 Å². The quantitative estimate of drug-likeness (QED) is 0.448. The first-order chi connectivity index (χ1) is 15.6. The van der Waals surface area contributed by atoms with Crippen molar-refractivity contribution in [1.29, 1.82) is 0 Å².